The fourth-order valence-corrected chi connectivity index (χ4v) is 1.61. The second-order valence-electron chi connectivity index (χ2n) is 3.30. The number of nitrogen functional groups attached to an aromatic ring is 1. The second kappa shape index (κ2) is 10.2. The SMILES string of the molecule is COCCOCCOCCOCc1nnc(N)s1. The number of hydrogen-bond acceptors (Lipinski definition) is 8. The number of nitrogens with two attached hydrogens (primary N) is 1. The Labute approximate surface area is 110 Å². The predicted octanol–water partition coefficient (Wildman–Crippen LogP) is 0.316. The van der Waals surface area contributed by atoms with Gasteiger partial charge in [0.15, 0.2) is 0 Å². The van der Waals surface area contributed by atoms with Crippen molar-refractivity contribution in [3.63, 3.8) is 0 Å². The summed E-state index contributed by atoms with van der Waals surface area (Å²) < 4.78 is 20.7. The third-order valence-electron chi connectivity index (χ3n) is 1.88. The van der Waals surface area contributed by atoms with E-state index < -0.39 is 0 Å². The van der Waals surface area contributed by atoms with Gasteiger partial charge in [-0.25, -0.2) is 0 Å². The first-order valence-corrected chi connectivity index (χ1v) is 6.44. The van der Waals surface area contributed by atoms with Crippen molar-refractivity contribution in [1.29, 1.82) is 0 Å². The third-order valence-corrected chi connectivity index (χ3v) is 2.61. The Bertz CT molecular complexity index is 311. The van der Waals surface area contributed by atoms with Crippen LogP contribution in [0.15, 0.2) is 0 Å². The first-order valence-electron chi connectivity index (χ1n) is 5.63. The molecule has 1 aromatic rings. The Morgan fingerprint density at radius 1 is 0.944 bits per heavy atom. The summed E-state index contributed by atoms with van der Waals surface area (Å²) in [4.78, 5) is 0. The summed E-state index contributed by atoms with van der Waals surface area (Å²) in [5.74, 6) is 0. The molecular weight excluding hydrogens is 258 g/mol. The Morgan fingerprint density at radius 2 is 1.56 bits per heavy atom. The molecule has 7 nitrogen and oxygen atoms in total. The Hall–Kier alpha value is -0.800. The fourth-order valence-electron chi connectivity index (χ4n) is 1.07. The third kappa shape index (κ3) is 7.51. The number of rotatable bonds is 11. The van der Waals surface area contributed by atoms with Crippen molar-refractivity contribution in [2.45, 2.75) is 6.61 Å². The lowest BCUT2D eigenvalue weighted by atomic mass is 10.7. The maximum Gasteiger partial charge on any atom is 0.203 e. The monoisotopic (exact) mass is 277 g/mol. The minimum Gasteiger partial charge on any atom is -0.382 e. The van der Waals surface area contributed by atoms with E-state index in [2.05, 4.69) is 10.2 Å². The average molecular weight is 277 g/mol. The van der Waals surface area contributed by atoms with Gasteiger partial charge in [0.1, 0.15) is 11.6 Å². The molecule has 1 aromatic heterocycles. The molecule has 8 heteroatoms. The summed E-state index contributed by atoms with van der Waals surface area (Å²) in [6, 6.07) is 0. The van der Waals surface area contributed by atoms with Crippen LogP contribution in [-0.2, 0) is 25.6 Å². The van der Waals surface area contributed by atoms with Crippen LogP contribution in [-0.4, -0.2) is 56.9 Å². The predicted molar refractivity (Wildman–Crippen MR) is 67.5 cm³/mol. The number of ether oxygens (including phenoxy) is 4. The molecule has 0 aliphatic carbocycles. The van der Waals surface area contributed by atoms with Gasteiger partial charge in [-0.2, -0.15) is 0 Å². The lowest BCUT2D eigenvalue weighted by Crippen LogP contribution is -2.11. The molecule has 1 rings (SSSR count). The highest BCUT2D eigenvalue weighted by Gasteiger charge is 2.00. The first-order chi connectivity index (χ1) is 8.83. The van der Waals surface area contributed by atoms with Crippen LogP contribution >= 0.6 is 11.3 Å². The van der Waals surface area contributed by atoms with E-state index in [0.29, 0.717) is 51.4 Å². The topological polar surface area (TPSA) is 88.7 Å². The molecular formula is C10H19N3O4S. The highest BCUT2D eigenvalue weighted by molar-refractivity contribution is 7.15. The highest BCUT2D eigenvalue weighted by Crippen LogP contribution is 2.11. The molecule has 2 N–H and O–H groups in total. The van der Waals surface area contributed by atoms with Gasteiger partial charge in [0, 0.05) is 7.11 Å². The molecule has 0 saturated heterocycles. The normalized spacial score (nSPS) is 10.9. The van der Waals surface area contributed by atoms with Crippen LogP contribution in [0.5, 0.6) is 0 Å². The zero-order chi connectivity index (χ0) is 13.1. The van der Waals surface area contributed by atoms with Crippen molar-refractivity contribution in [1.82, 2.24) is 10.2 Å². The molecule has 0 unspecified atom stereocenters. The second-order valence-corrected chi connectivity index (χ2v) is 4.40. The van der Waals surface area contributed by atoms with Gasteiger partial charge in [-0.3, -0.25) is 0 Å². The van der Waals surface area contributed by atoms with Crippen LogP contribution in [0.3, 0.4) is 0 Å². The van der Waals surface area contributed by atoms with Crippen LogP contribution in [0.25, 0.3) is 0 Å². The van der Waals surface area contributed by atoms with E-state index in [1.807, 2.05) is 0 Å². The maximum atomic E-state index is 5.44. The molecule has 0 saturated carbocycles. The van der Waals surface area contributed by atoms with Crippen LogP contribution in [0, 0.1) is 0 Å². The highest BCUT2D eigenvalue weighted by atomic mass is 32.1. The van der Waals surface area contributed by atoms with Gasteiger partial charge in [-0.15, -0.1) is 10.2 Å². The van der Waals surface area contributed by atoms with Crippen molar-refractivity contribution in [3.8, 4) is 0 Å². The number of methoxy groups -OCH3 is 1. The molecule has 0 bridgehead atoms. The summed E-state index contributed by atoms with van der Waals surface area (Å²) in [5, 5.41) is 8.76. The summed E-state index contributed by atoms with van der Waals surface area (Å²) in [5.41, 5.74) is 5.44. The Balaban J connectivity index is 1.81. The van der Waals surface area contributed by atoms with Gasteiger partial charge in [0.05, 0.1) is 39.6 Å². The first kappa shape index (κ1) is 15.3. The minimum atomic E-state index is 0.419. The van der Waals surface area contributed by atoms with Crippen molar-refractivity contribution in [2.75, 3.05) is 52.5 Å². The van der Waals surface area contributed by atoms with Crippen LogP contribution in [0.4, 0.5) is 5.13 Å². The van der Waals surface area contributed by atoms with Crippen molar-refractivity contribution in [3.05, 3.63) is 5.01 Å². The molecule has 0 amide bonds. The maximum absolute atomic E-state index is 5.44. The van der Waals surface area contributed by atoms with Gasteiger partial charge in [0.2, 0.25) is 5.13 Å². The van der Waals surface area contributed by atoms with Crippen molar-refractivity contribution < 1.29 is 18.9 Å². The molecule has 0 spiro atoms. The Kier molecular flexibility index (Phi) is 8.61. The minimum absolute atomic E-state index is 0.419. The zero-order valence-corrected chi connectivity index (χ0v) is 11.3. The molecule has 0 aliphatic heterocycles. The summed E-state index contributed by atoms with van der Waals surface area (Å²) in [6.07, 6.45) is 0. The van der Waals surface area contributed by atoms with E-state index in [4.69, 9.17) is 24.7 Å². The van der Waals surface area contributed by atoms with Gasteiger partial charge in [0.25, 0.3) is 0 Å². The van der Waals surface area contributed by atoms with E-state index in [-0.39, 0.29) is 0 Å². The van der Waals surface area contributed by atoms with E-state index in [1.54, 1.807) is 7.11 Å². The molecule has 104 valence electrons. The van der Waals surface area contributed by atoms with Crippen molar-refractivity contribution in [2.24, 2.45) is 0 Å². The fraction of sp³-hybridized carbons (Fsp3) is 0.800. The molecule has 0 radical (unpaired) electrons. The number of hydrogen-bond donors (Lipinski definition) is 1. The van der Waals surface area contributed by atoms with Crippen molar-refractivity contribution >= 4 is 16.5 Å². The summed E-state index contributed by atoms with van der Waals surface area (Å²) in [6.45, 7) is 3.78. The van der Waals surface area contributed by atoms with Crippen LogP contribution in [0.1, 0.15) is 5.01 Å². The largest absolute Gasteiger partial charge is 0.382 e. The van der Waals surface area contributed by atoms with Gasteiger partial charge in [-0.1, -0.05) is 11.3 Å². The number of nitrogens with zero attached hydrogens (tertiary/aromatic N) is 2. The molecule has 1 heterocycles. The summed E-state index contributed by atoms with van der Waals surface area (Å²) in [7, 11) is 1.64. The quantitative estimate of drug-likeness (QED) is 0.582. The molecule has 18 heavy (non-hydrogen) atoms. The van der Waals surface area contributed by atoms with Gasteiger partial charge < -0.3 is 24.7 Å². The lowest BCUT2D eigenvalue weighted by Gasteiger charge is -2.05. The van der Waals surface area contributed by atoms with E-state index >= 15 is 0 Å². The summed E-state index contributed by atoms with van der Waals surface area (Å²) >= 11 is 1.33. The van der Waals surface area contributed by atoms with Crippen LogP contribution < -0.4 is 5.73 Å². The van der Waals surface area contributed by atoms with E-state index in [0.717, 1.165) is 5.01 Å². The smallest absolute Gasteiger partial charge is 0.203 e. The molecule has 0 fully saturated rings. The van der Waals surface area contributed by atoms with Gasteiger partial charge >= 0.3 is 0 Å². The Morgan fingerprint density at radius 3 is 2.11 bits per heavy atom. The molecule has 0 aliphatic rings. The standard InChI is InChI=1S/C10H19N3O4S/c1-14-2-3-15-4-5-16-6-7-17-8-9-12-13-10(11)18-9/h2-8H2,1H3,(H2,11,13). The van der Waals surface area contributed by atoms with Gasteiger partial charge in [-0.05, 0) is 0 Å². The van der Waals surface area contributed by atoms with E-state index in [9.17, 15) is 0 Å². The zero-order valence-electron chi connectivity index (χ0n) is 10.5. The van der Waals surface area contributed by atoms with E-state index in [1.165, 1.54) is 11.3 Å². The van der Waals surface area contributed by atoms with Crippen LogP contribution in [0.2, 0.25) is 0 Å². The number of aromatic nitrogens is 2. The number of anilines is 1. The molecule has 0 aromatic carbocycles. The average Bonchev–Trinajstić information content (AvgIpc) is 2.77. The lowest BCUT2D eigenvalue weighted by molar-refractivity contribution is 0.000794. The molecule has 0 atom stereocenters.